The fourth-order valence-corrected chi connectivity index (χ4v) is 5.82. The highest BCUT2D eigenvalue weighted by atomic mass is 35.5. The van der Waals surface area contributed by atoms with Crippen LogP contribution in [0.25, 0.3) is 10.6 Å². The van der Waals surface area contributed by atoms with Crippen molar-refractivity contribution in [1.82, 2.24) is 9.88 Å². The standard InChI is InChI=1S/C19H19Cl3N2OS/c20-13-8-9-24(16-7-2-1-4-11(13)16)19(25)15-10-26-18(23-15)12-5-3-6-14(21)17(12)22/h3,5-6,10-11,13,16H,1-2,4,7-9H2. The van der Waals surface area contributed by atoms with Crippen LogP contribution in [0.2, 0.25) is 10.0 Å². The number of aromatic nitrogens is 1. The van der Waals surface area contributed by atoms with Gasteiger partial charge in [0.1, 0.15) is 10.7 Å². The van der Waals surface area contributed by atoms with Crippen LogP contribution >= 0.6 is 46.1 Å². The number of carbonyl (C=O) groups excluding carboxylic acids is 1. The summed E-state index contributed by atoms with van der Waals surface area (Å²) in [4.78, 5) is 19.7. The van der Waals surface area contributed by atoms with Crippen LogP contribution in [0.1, 0.15) is 42.6 Å². The molecule has 0 spiro atoms. The van der Waals surface area contributed by atoms with Crippen LogP contribution in [0.4, 0.5) is 0 Å². The van der Waals surface area contributed by atoms with Gasteiger partial charge in [-0.3, -0.25) is 4.79 Å². The number of hydrogen-bond acceptors (Lipinski definition) is 3. The summed E-state index contributed by atoms with van der Waals surface area (Å²) in [6.45, 7) is 0.707. The van der Waals surface area contributed by atoms with Gasteiger partial charge in [0, 0.05) is 28.9 Å². The first kappa shape index (κ1) is 18.5. The number of amides is 1. The predicted octanol–water partition coefficient (Wildman–Crippen LogP) is 6.13. The van der Waals surface area contributed by atoms with Crippen molar-refractivity contribution in [2.24, 2.45) is 5.92 Å². The van der Waals surface area contributed by atoms with Crippen LogP contribution in [0, 0.1) is 5.92 Å². The van der Waals surface area contributed by atoms with Gasteiger partial charge >= 0.3 is 0 Å². The molecule has 3 unspecified atom stereocenters. The second kappa shape index (κ2) is 7.67. The van der Waals surface area contributed by atoms with Crippen molar-refractivity contribution >= 4 is 52.0 Å². The first-order valence-electron chi connectivity index (χ1n) is 8.91. The molecule has 1 aliphatic heterocycles. The Morgan fingerprint density at radius 2 is 2.00 bits per heavy atom. The Morgan fingerprint density at radius 1 is 1.19 bits per heavy atom. The Balaban J connectivity index is 1.59. The molecule has 2 aromatic rings. The van der Waals surface area contributed by atoms with Gasteiger partial charge in [-0.2, -0.15) is 0 Å². The van der Waals surface area contributed by atoms with E-state index >= 15 is 0 Å². The van der Waals surface area contributed by atoms with Crippen LogP contribution in [-0.2, 0) is 0 Å². The normalized spacial score (nSPS) is 25.8. The molecule has 2 aliphatic rings. The lowest BCUT2D eigenvalue weighted by atomic mass is 9.78. The molecule has 1 saturated heterocycles. The second-order valence-corrected chi connectivity index (χ2v) is 9.16. The topological polar surface area (TPSA) is 33.2 Å². The van der Waals surface area contributed by atoms with E-state index in [1.165, 1.54) is 17.8 Å². The maximum absolute atomic E-state index is 13.1. The van der Waals surface area contributed by atoms with E-state index in [-0.39, 0.29) is 17.3 Å². The molecular weight excluding hydrogens is 411 g/mol. The minimum Gasteiger partial charge on any atom is -0.334 e. The molecule has 4 rings (SSSR count). The molecule has 0 bridgehead atoms. The Hall–Kier alpha value is -0.810. The fraction of sp³-hybridized carbons (Fsp3) is 0.474. The molecule has 2 fully saturated rings. The van der Waals surface area contributed by atoms with E-state index < -0.39 is 0 Å². The van der Waals surface area contributed by atoms with E-state index in [2.05, 4.69) is 4.98 Å². The van der Waals surface area contributed by atoms with Crippen LogP contribution in [0.15, 0.2) is 23.6 Å². The van der Waals surface area contributed by atoms with Crippen LogP contribution in [-0.4, -0.2) is 33.8 Å². The first-order valence-corrected chi connectivity index (χ1v) is 11.0. The molecule has 1 aromatic carbocycles. The zero-order valence-corrected chi connectivity index (χ0v) is 17.2. The zero-order valence-electron chi connectivity index (χ0n) is 14.1. The molecule has 1 saturated carbocycles. The van der Waals surface area contributed by atoms with Gasteiger partial charge in [-0.05, 0) is 31.2 Å². The molecule has 1 amide bonds. The minimum atomic E-state index is 0.00566. The van der Waals surface area contributed by atoms with Crippen molar-refractivity contribution in [3.8, 4) is 10.6 Å². The molecule has 0 radical (unpaired) electrons. The van der Waals surface area contributed by atoms with E-state index in [0.717, 1.165) is 31.2 Å². The molecule has 7 heteroatoms. The maximum Gasteiger partial charge on any atom is 0.273 e. The highest BCUT2D eigenvalue weighted by Gasteiger charge is 2.41. The molecule has 26 heavy (non-hydrogen) atoms. The zero-order chi connectivity index (χ0) is 18.3. The minimum absolute atomic E-state index is 0.00566. The number of piperidine rings is 1. The number of fused-ring (bicyclic) bond motifs is 1. The lowest BCUT2D eigenvalue weighted by molar-refractivity contribution is 0.0399. The number of hydrogen-bond donors (Lipinski definition) is 0. The van der Waals surface area contributed by atoms with Crippen molar-refractivity contribution in [3.05, 3.63) is 39.3 Å². The van der Waals surface area contributed by atoms with Crippen LogP contribution in [0.5, 0.6) is 0 Å². The first-order chi connectivity index (χ1) is 12.6. The molecule has 0 N–H and O–H groups in total. The fourth-order valence-electron chi connectivity index (χ4n) is 4.16. The average molecular weight is 430 g/mol. The lowest BCUT2D eigenvalue weighted by Gasteiger charge is -2.46. The van der Waals surface area contributed by atoms with Crippen LogP contribution in [0.3, 0.4) is 0 Å². The quantitative estimate of drug-likeness (QED) is 0.538. The smallest absolute Gasteiger partial charge is 0.273 e. The molecule has 1 aliphatic carbocycles. The Kier molecular flexibility index (Phi) is 5.47. The van der Waals surface area contributed by atoms with Crippen molar-refractivity contribution in [3.63, 3.8) is 0 Å². The number of halogens is 3. The van der Waals surface area contributed by atoms with E-state index in [0.29, 0.717) is 33.2 Å². The highest BCUT2D eigenvalue weighted by Crippen LogP contribution is 2.39. The maximum atomic E-state index is 13.1. The number of likely N-dealkylation sites (tertiary alicyclic amines) is 1. The third-order valence-electron chi connectivity index (χ3n) is 5.46. The number of nitrogens with zero attached hydrogens (tertiary/aromatic N) is 2. The van der Waals surface area contributed by atoms with Gasteiger partial charge in [0.2, 0.25) is 0 Å². The molecule has 2 heterocycles. The van der Waals surface area contributed by atoms with Crippen molar-refractivity contribution in [2.45, 2.75) is 43.5 Å². The largest absolute Gasteiger partial charge is 0.334 e. The van der Waals surface area contributed by atoms with Gasteiger partial charge in [-0.15, -0.1) is 22.9 Å². The number of thiazole rings is 1. The molecule has 3 atom stereocenters. The summed E-state index contributed by atoms with van der Waals surface area (Å²) < 4.78 is 0. The Bertz CT molecular complexity index is 825. The summed E-state index contributed by atoms with van der Waals surface area (Å²) in [5.41, 5.74) is 1.25. The summed E-state index contributed by atoms with van der Waals surface area (Å²) in [5.74, 6) is 0.412. The van der Waals surface area contributed by atoms with Gasteiger partial charge in [0.15, 0.2) is 0 Å². The van der Waals surface area contributed by atoms with Gasteiger partial charge in [-0.1, -0.05) is 48.2 Å². The van der Waals surface area contributed by atoms with Gasteiger partial charge < -0.3 is 4.90 Å². The van der Waals surface area contributed by atoms with Gasteiger partial charge in [0.05, 0.1) is 10.0 Å². The Labute approximate surface area is 172 Å². The SMILES string of the molecule is O=C(c1csc(-c2cccc(Cl)c2Cl)n1)N1CCC(Cl)C2CCCCC21. The summed E-state index contributed by atoms with van der Waals surface area (Å²) in [6, 6.07) is 5.70. The van der Waals surface area contributed by atoms with E-state index in [1.807, 2.05) is 22.4 Å². The van der Waals surface area contributed by atoms with Crippen molar-refractivity contribution in [1.29, 1.82) is 0 Å². The predicted molar refractivity (Wildman–Crippen MR) is 109 cm³/mol. The van der Waals surface area contributed by atoms with E-state index in [4.69, 9.17) is 34.8 Å². The third kappa shape index (κ3) is 3.37. The number of alkyl halides is 1. The molecular formula is C19H19Cl3N2OS. The molecule has 3 nitrogen and oxygen atoms in total. The third-order valence-corrected chi connectivity index (χ3v) is 7.69. The average Bonchev–Trinajstić information content (AvgIpc) is 3.14. The van der Waals surface area contributed by atoms with E-state index in [9.17, 15) is 4.79 Å². The monoisotopic (exact) mass is 428 g/mol. The number of benzene rings is 1. The molecule has 138 valence electrons. The summed E-state index contributed by atoms with van der Waals surface area (Å²) in [7, 11) is 0. The number of carbonyl (C=O) groups is 1. The highest BCUT2D eigenvalue weighted by molar-refractivity contribution is 7.13. The number of rotatable bonds is 2. The molecule has 1 aromatic heterocycles. The van der Waals surface area contributed by atoms with Crippen LogP contribution < -0.4 is 0 Å². The van der Waals surface area contributed by atoms with Crippen molar-refractivity contribution in [2.75, 3.05) is 6.54 Å². The van der Waals surface area contributed by atoms with Gasteiger partial charge in [0.25, 0.3) is 5.91 Å². The lowest BCUT2D eigenvalue weighted by Crippen LogP contribution is -2.53. The van der Waals surface area contributed by atoms with E-state index in [1.54, 1.807) is 6.07 Å². The van der Waals surface area contributed by atoms with Gasteiger partial charge in [-0.25, -0.2) is 4.98 Å². The Morgan fingerprint density at radius 3 is 2.85 bits per heavy atom. The summed E-state index contributed by atoms with van der Waals surface area (Å²) in [5, 5.41) is 3.67. The van der Waals surface area contributed by atoms with Crippen molar-refractivity contribution < 1.29 is 4.79 Å². The summed E-state index contributed by atoms with van der Waals surface area (Å²) >= 11 is 20.4. The summed E-state index contributed by atoms with van der Waals surface area (Å²) in [6.07, 6.45) is 5.38. The second-order valence-electron chi connectivity index (χ2n) is 6.96.